The van der Waals surface area contributed by atoms with Crippen LogP contribution in [0.5, 0.6) is 0 Å². The molecule has 0 atom stereocenters. The van der Waals surface area contributed by atoms with Crippen LogP contribution in [-0.2, 0) is 10.0 Å². The standard InChI is InChI=1S/C4H12N4O3S/c1-12(10,11)7-3-2-6-4(9)8-5/h7H,2-3,5H2,1H3,(H2,6,8,9). The van der Waals surface area contributed by atoms with Crippen molar-refractivity contribution < 1.29 is 13.2 Å². The molecular weight excluding hydrogens is 184 g/mol. The van der Waals surface area contributed by atoms with Crippen LogP contribution in [0.3, 0.4) is 0 Å². The predicted molar refractivity (Wildman–Crippen MR) is 43.6 cm³/mol. The average molecular weight is 196 g/mol. The van der Waals surface area contributed by atoms with Gasteiger partial charge in [-0.1, -0.05) is 0 Å². The molecule has 5 N–H and O–H groups in total. The first-order valence-electron chi connectivity index (χ1n) is 3.15. The van der Waals surface area contributed by atoms with E-state index in [4.69, 9.17) is 5.84 Å². The van der Waals surface area contributed by atoms with Gasteiger partial charge >= 0.3 is 6.03 Å². The number of sulfonamides is 1. The fourth-order valence-electron chi connectivity index (χ4n) is 0.463. The normalized spacial score (nSPS) is 10.8. The van der Waals surface area contributed by atoms with E-state index in [9.17, 15) is 13.2 Å². The van der Waals surface area contributed by atoms with Crippen molar-refractivity contribution in [2.24, 2.45) is 5.84 Å². The average Bonchev–Trinajstić information content (AvgIpc) is 1.96. The molecule has 8 heteroatoms. The monoisotopic (exact) mass is 196 g/mol. The quantitative estimate of drug-likeness (QED) is 0.175. The van der Waals surface area contributed by atoms with Gasteiger partial charge in [-0.3, -0.25) is 5.43 Å². The van der Waals surface area contributed by atoms with Crippen molar-refractivity contribution in [3.8, 4) is 0 Å². The Morgan fingerprint density at radius 2 is 2.00 bits per heavy atom. The molecule has 0 fully saturated rings. The summed E-state index contributed by atoms with van der Waals surface area (Å²) in [5.74, 6) is 4.74. The van der Waals surface area contributed by atoms with E-state index in [0.29, 0.717) is 0 Å². The van der Waals surface area contributed by atoms with E-state index in [1.54, 1.807) is 0 Å². The minimum absolute atomic E-state index is 0.145. The van der Waals surface area contributed by atoms with E-state index in [-0.39, 0.29) is 13.1 Å². The number of hydrogen-bond acceptors (Lipinski definition) is 4. The zero-order valence-corrected chi connectivity index (χ0v) is 7.44. The maximum atomic E-state index is 10.5. The first-order chi connectivity index (χ1) is 5.45. The largest absolute Gasteiger partial charge is 0.336 e. The molecule has 0 aliphatic carbocycles. The number of nitrogens with two attached hydrogens (primary N) is 1. The summed E-state index contributed by atoms with van der Waals surface area (Å²) < 4.78 is 23.2. The van der Waals surface area contributed by atoms with Gasteiger partial charge in [0.1, 0.15) is 0 Å². The van der Waals surface area contributed by atoms with Crippen molar-refractivity contribution in [1.82, 2.24) is 15.5 Å². The summed E-state index contributed by atoms with van der Waals surface area (Å²) in [4.78, 5) is 10.4. The highest BCUT2D eigenvalue weighted by Gasteiger charge is 1.99. The highest BCUT2D eigenvalue weighted by Crippen LogP contribution is 1.70. The molecule has 12 heavy (non-hydrogen) atoms. The van der Waals surface area contributed by atoms with Gasteiger partial charge in [0.25, 0.3) is 0 Å². The third kappa shape index (κ3) is 7.25. The highest BCUT2D eigenvalue weighted by molar-refractivity contribution is 7.88. The van der Waals surface area contributed by atoms with E-state index in [2.05, 4.69) is 10.0 Å². The van der Waals surface area contributed by atoms with E-state index in [1.807, 2.05) is 5.43 Å². The van der Waals surface area contributed by atoms with Crippen LogP contribution in [-0.4, -0.2) is 33.8 Å². The minimum Gasteiger partial charge on any atom is -0.336 e. The summed E-state index contributed by atoms with van der Waals surface area (Å²) in [5.41, 5.74) is 1.84. The number of nitrogens with one attached hydrogen (secondary N) is 3. The fraction of sp³-hybridized carbons (Fsp3) is 0.750. The van der Waals surface area contributed by atoms with E-state index in [0.717, 1.165) is 6.26 Å². The summed E-state index contributed by atoms with van der Waals surface area (Å²) >= 11 is 0. The molecule has 0 aliphatic heterocycles. The molecule has 0 aromatic rings. The second-order valence-corrected chi connectivity index (χ2v) is 3.90. The van der Waals surface area contributed by atoms with Gasteiger partial charge in [-0.05, 0) is 0 Å². The Hall–Kier alpha value is -0.860. The SMILES string of the molecule is CS(=O)(=O)NCCNC(=O)NN. The zero-order chi connectivity index (χ0) is 9.61. The van der Waals surface area contributed by atoms with Crippen LogP contribution in [0.1, 0.15) is 0 Å². The Labute approximate surface area is 70.7 Å². The first-order valence-corrected chi connectivity index (χ1v) is 5.04. The van der Waals surface area contributed by atoms with Crippen molar-refractivity contribution in [2.75, 3.05) is 19.3 Å². The van der Waals surface area contributed by atoms with Crippen molar-refractivity contribution >= 4 is 16.1 Å². The van der Waals surface area contributed by atoms with Crippen LogP contribution in [0.2, 0.25) is 0 Å². The molecule has 0 aromatic carbocycles. The molecule has 0 bridgehead atoms. The number of hydrogen-bond donors (Lipinski definition) is 4. The van der Waals surface area contributed by atoms with Gasteiger partial charge in [-0.2, -0.15) is 0 Å². The fourth-order valence-corrected chi connectivity index (χ4v) is 0.936. The third-order valence-corrected chi connectivity index (χ3v) is 1.63. The molecule has 0 heterocycles. The van der Waals surface area contributed by atoms with Crippen LogP contribution in [0.15, 0.2) is 0 Å². The van der Waals surface area contributed by atoms with Crippen molar-refractivity contribution in [3.63, 3.8) is 0 Å². The summed E-state index contributed by atoms with van der Waals surface area (Å²) in [6.45, 7) is 0.336. The molecule has 0 saturated heterocycles. The summed E-state index contributed by atoms with van der Waals surface area (Å²) in [7, 11) is -3.18. The van der Waals surface area contributed by atoms with Crippen LogP contribution < -0.4 is 21.3 Å². The second kappa shape index (κ2) is 4.91. The molecule has 0 radical (unpaired) electrons. The smallest absolute Gasteiger partial charge is 0.328 e. The molecule has 0 unspecified atom stereocenters. The summed E-state index contributed by atoms with van der Waals surface area (Å²) in [6.07, 6.45) is 1.04. The number of urea groups is 1. The number of rotatable bonds is 4. The lowest BCUT2D eigenvalue weighted by Gasteiger charge is -2.03. The molecule has 0 aromatic heterocycles. The minimum atomic E-state index is -3.18. The predicted octanol–water partition coefficient (Wildman–Crippen LogP) is -2.29. The van der Waals surface area contributed by atoms with Crippen LogP contribution in [0.4, 0.5) is 4.79 Å². The van der Waals surface area contributed by atoms with E-state index >= 15 is 0 Å². The number of carbonyl (C=O) groups excluding carboxylic acids is 1. The topological polar surface area (TPSA) is 113 Å². The van der Waals surface area contributed by atoms with E-state index < -0.39 is 16.1 Å². The lowest BCUT2D eigenvalue weighted by molar-refractivity contribution is 0.241. The van der Waals surface area contributed by atoms with Crippen molar-refractivity contribution in [2.45, 2.75) is 0 Å². The van der Waals surface area contributed by atoms with E-state index in [1.165, 1.54) is 0 Å². The van der Waals surface area contributed by atoms with Crippen LogP contribution >= 0.6 is 0 Å². The van der Waals surface area contributed by atoms with Gasteiger partial charge in [-0.15, -0.1) is 0 Å². The zero-order valence-electron chi connectivity index (χ0n) is 6.62. The van der Waals surface area contributed by atoms with Gasteiger partial charge in [0.15, 0.2) is 0 Å². The molecule has 0 aliphatic rings. The van der Waals surface area contributed by atoms with Crippen molar-refractivity contribution in [3.05, 3.63) is 0 Å². The van der Waals surface area contributed by atoms with Crippen LogP contribution in [0.25, 0.3) is 0 Å². The van der Waals surface area contributed by atoms with Gasteiger partial charge in [-0.25, -0.2) is 23.8 Å². The van der Waals surface area contributed by atoms with Gasteiger partial charge in [0.05, 0.1) is 6.26 Å². The number of hydrazine groups is 1. The summed E-state index contributed by atoms with van der Waals surface area (Å²) in [6, 6.07) is -0.551. The Bertz CT molecular complexity index is 237. The maximum absolute atomic E-state index is 10.5. The third-order valence-electron chi connectivity index (χ3n) is 0.906. The molecule has 72 valence electrons. The van der Waals surface area contributed by atoms with Gasteiger partial charge in [0, 0.05) is 13.1 Å². The Balaban J connectivity index is 3.40. The number of amides is 2. The molecule has 0 rings (SSSR count). The molecule has 2 amide bonds. The molecule has 0 saturated carbocycles. The Kier molecular flexibility index (Phi) is 4.55. The highest BCUT2D eigenvalue weighted by atomic mass is 32.2. The number of carbonyl (C=O) groups is 1. The van der Waals surface area contributed by atoms with Crippen molar-refractivity contribution in [1.29, 1.82) is 0 Å². The summed E-state index contributed by atoms with van der Waals surface area (Å²) in [5, 5.41) is 2.30. The molecule has 7 nitrogen and oxygen atoms in total. The van der Waals surface area contributed by atoms with Crippen LogP contribution in [0, 0.1) is 0 Å². The second-order valence-electron chi connectivity index (χ2n) is 2.07. The Morgan fingerprint density at radius 1 is 1.42 bits per heavy atom. The van der Waals surface area contributed by atoms with Gasteiger partial charge in [0.2, 0.25) is 10.0 Å². The maximum Gasteiger partial charge on any atom is 0.328 e. The lowest BCUT2D eigenvalue weighted by atomic mass is 10.6. The van der Waals surface area contributed by atoms with Gasteiger partial charge < -0.3 is 5.32 Å². The lowest BCUT2D eigenvalue weighted by Crippen LogP contribution is -2.43. The Morgan fingerprint density at radius 3 is 2.42 bits per heavy atom. The molecular formula is C4H12N4O3S. The molecule has 0 spiro atoms. The first kappa shape index (κ1) is 11.1.